The van der Waals surface area contributed by atoms with Crippen molar-refractivity contribution in [2.45, 2.75) is 44.1 Å². The topological polar surface area (TPSA) is 62.7 Å². The number of methoxy groups -OCH3 is 1. The van der Waals surface area contributed by atoms with Gasteiger partial charge in [-0.2, -0.15) is 13.2 Å². The van der Waals surface area contributed by atoms with Gasteiger partial charge in [-0.25, -0.2) is 0 Å². The zero-order valence-corrected chi connectivity index (χ0v) is 22.6. The summed E-state index contributed by atoms with van der Waals surface area (Å²) in [4.78, 5) is 33.5. The molecule has 9 heteroatoms. The standard InChI is InChI=1S/C32H30F3N3O3/c1-41-27-13-11-23(12-14-27)30(39)37-18-16-25(20-26(37)19-22-7-3-2-4-8-22)38(31(40)32(33,34)35)21-24-15-17-36-29-10-6-5-9-28(24)29/h2-15,17,25-26H,16,18-21H2,1H3. The van der Waals surface area contributed by atoms with Gasteiger partial charge in [0.1, 0.15) is 5.75 Å². The van der Waals surface area contributed by atoms with Gasteiger partial charge in [0, 0.05) is 42.3 Å². The zero-order valence-electron chi connectivity index (χ0n) is 22.6. The number of fused-ring (bicyclic) bond motifs is 1. The Morgan fingerprint density at radius 1 is 0.976 bits per heavy atom. The Kier molecular flexibility index (Phi) is 8.23. The lowest BCUT2D eigenvalue weighted by atomic mass is 9.90. The van der Waals surface area contributed by atoms with Gasteiger partial charge in [-0.3, -0.25) is 14.6 Å². The van der Waals surface area contributed by atoms with Crippen molar-refractivity contribution in [3.8, 4) is 5.75 Å². The molecule has 6 nitrogen and oxygen atoms in total. The predicted molar refractivity (Wildman–Crippen MR) is 149 cm³/mol. The van der Waals surface area contributed by atoms with E-state index in [4.69, 9.17) is 4.74 Å². The molecule has 1 aliphatic rings. The van der Waals surface area contributed by atoms with Crippen LogP contribution in [0.5, 0.6) is 5.75 Å². The fourth-order valence-electron chi connectivity index (χ4n) is 5.57. The molecule has 212 valence electrons. The predicted octanol–water partition coefficient (Wildman–Crippen LogP) is 6.05. The highest BCUT2D eigenvalue weighted by Crippen LogP contribution is 2.32. The highest BCUT2D eigenvalue weighted by molar-refractivity contribution is 5.94. The van der Waals surface area contributed by atoms with Gasteiger partial charge in [0.05, 0.1) is 12.6 Å². The van der Waals surface area contributed by atoms with Crippen LogP contribution in [-0.4, -0.2) is 58.5 Å². The van der Waals surface area contributed by atoms with E-state index in [2.05, 4.69) is 4.98 Å². The van der Waals surface area contributed by atoms with E-state index >= 15 is 0 Å². The van der Waals surface area contributed by atoms with E-state index in [0.29, 0.717) is 34.2 Å². The second kappa shape index (κ2) is 12.0. The Morgan fingerprint density at radius 3 is 2.39 bits per heavy atom. The fourth-order valence-corrected chi connectivity index (χ4v) is 5.57. The van der Waals surface area contributed by atoms with E-state index in [1.54, 1.807) is 66.7 Å². The molecule has 1 fully saturated rings. The van der Waals surface area contributed by atoms with E-state index in [-0.39, 0.29) is 31.8 Å². The van der Waals surface area contributed by atoms with Gasteiger partial charge < -0.3 is 14.5 Å². The van der Waals surface area contributed by atoms with Crippen LogP contribution in [0.4, 0.5) is 13.2 Å². The number of pyridine rings is 1. The molecule has 5 rings (SSSR count). The van der Waals surface area contributed by atoms with Crippen LogP contribution in [0.3, 0.4) is 0 Å². The number of para-hydroxylation sites is 1. The quantitative estimate of drug-likeness (QED) is 0.276. The molecule has 3 aromatic carbocycles. The second-order valence-electron chi connectivity index (χ2n) is 10.2. The molecule has 0 N–H and O–H groups in total. The minimum absolute atomic E-state index is 0.208. The van der Waals surface area contributed by atoms with Crippen LogP contribution in [0.1, 0.15) is 34.3 Å². The smallest absolute Gasteiger partial charge is 0.471 e. The Bertz CT molecular complexity index is 1500. The average Bonchev–Trinajstić information content (AvgIpc) is 2.99. The molecular weight excluding hydrogens is 531 g/mol. The first-order valence-corrected chi connectivity index (χ1v) is 13.4. The van der Waals surface area contributed by atoms with Gasteiger partial charge in [0.2, 0.25) is 0 Å². The molecule has 0 spiro atoms. The number of benzene rings is 3. The molecule has 41 heavy (non-hydrogen) atoms. The summed E-state index contributed by atoms with van der Waals surface area (Å²) >= 11 is 0. The molecule has 2 atom stereocenters. The summed E-state index contributed by atoms with van der Waals surface area (Å²) in [7, 11) is 1.54. The normalized spacial score (nSPS) is 17.3. The van der Waals surface area contributed by atoms with Crippen molar-refractivity contribution < 1.29 is 27.5 Å². The molecule has 1 aliphatic heterocycles. The van der Waals surface area contributed by atoms with E-state index in [9.17, 15) is 22.8 Å². The maximum Gasteiger partial charge on any atom is 0.471 e. The van der Waals surface area contributed by atoms with Crippen molar-refractivity contribution in [3.05, 3.63) is 108 Å². The largest absolute Gasteiger partial charge is 0.497 e. The molecule has 2 amide bonds. The first-order valence-electron chi connectivity index (χ1n) is 13.4. The number of halogens is 3. The van der Waals surface area contributed by atoms with E-state index in [0.717, 1.165) is 10.5 Å². The summed E-state index contributed by atoms with van der Waals surface area (Å²) in [5, 5.41) is 0.697. The maximum absolute atomic E-state index is 13.9. The number of carbonyl (C=O) groups is 2. The SMILES string of the molecule is COc1ccc(C(=O)N2CCC(N(Cc3ccnc4ccccc34)C(=O)C(F)(F)F)CC2Cc2ccccc2)cc1. The van der Waals surface area contributed by atoms with Gasteiger partial charge in [-0.15, -0.1) is 0 Å². The first-order chi connectivity index (χ1) is 19.7. The lowest BCUT2D eigenvalue weighted by Gasteiger charge is -2.44. The lowest BCUT2D eigenvalue weighted by Crippen LogP contribution is -2.55. The molecule has 4 aromatic rings. The van der Waals surface area contributed by atoms with E-state index < -0.39 is 24.2 Å². The summed E-state index contributed by atoms with van der Waals surface area (Å²) < 4.78 is 47.0. The molecule has 1 saturated heterocycles. The van der Waals surface area contributed by atoms with Crippen LogP contribution in [0.25, 0.3) is 10.9 Å². The van der Waals surface area contributed by atoms with Crippen molar-refractivity contribution in [3.63, 3.8) is 0 Å². The number of piperidine rings is 1. The minimum atomic E-state index is -5.03. The van der Waals surface area contributed by atoms with E-state index in [1.807, 2.05) is 36.4 Å². The number of alkyl halides is 3. The first kappa shape index (κ1) is 28.1. The summed E-state index contributed by atoms with van der Waals surface area (Å²) in [5.41, 5.74) is 2.66. The number of rotatable bonds is 7. The number of hydrogen-bond donors (Lipinski definition) is 0. The third kappa shape index (κ3) is 6.34. The number of carbonyl (C=O) groups excluding carboxylic acids is 2. The summed E-state index contributed by atoms with van der Waals surface area (Å²) in [5.74, 6) is -1.47. The third-order valence-corrected chi connectivity index (χ3v) is 7.62. The molecule has 0 saturated carbocycles. The van der Waals surface area contributed by atoms with Gasteiger partial charge in [-0.1, -0.05) is 48.5 Å². The molecular formula is C32H30F3N3O3. The van der Waals surface area contributed by atoms with Crippen LogP contribution in [0.15, 0.2) is 91.1 Å². The van der Waals surface area contributed by atoms with Crippen molar-refractivity contribution >= 4 is 22.7 Å². The van der Waals surface area contributed by atoms with Crippen LogP contribution < -0.4 is 4.74 Å². The van der Waals surface area contributed by atoms with Crippen LogP contribution in [0, 0.1) is 0 Å². The van der Waals surface area contributed by atoms with Crippen LogP contribution in [-0.2, 0) is 17.8 Å². The van der Waals surface area contributed by atoms with Gasteiger partial charge in [-0.05, 0) is 66.8 Å². The number of amides is 2. The monoisotopic (exact) mass is 561 g/mol. The lowest BCUT2D eigenvalue weighted by molar-refractivity contribution is -0.189. The Labute approximate surface area is 236 Å². The van der Waals surface area contributed by atoms with Crippen molar-refractivity contribution in [1.29, 1.82) is 0 Å². The average molecular weight is 562 g/mol. The van der Waals surface area contributed by atoms with Gasteiger partial charge in [0.25, 0.3) is 5.91 Å². The molecule has 0 bridgehead atoms. The summed E-state index contributed by atoms with van der Waals surface area (Å²) in [6.45, 7) is 0.00227. The number of nitrogens with zero attached hydrogens (tertiary/aromatic N) is 3. The summed E-state index contributed by atoms with van der Waals surface area (Å²) in [6, 6.07) is 24.0. The Balaban J connectivity index is 1.46. The molecule has 0 aliphatic carbocycles. The second-order valence-corrected chi connectivity index (χ2v) is 10.2. The van der Waals surface area contributed by atoms with Crippen LogP contribution in [0.2, 0.25) is 0 Å². The van der Waals surface area contributed by atoms with Crippen molar-refractivity contribution in [1.82, 2.24) is 14.8 Å². The fraction of sp³-hybridized carbons (Fsp3) is 0.281. The number of ether oxygens (including phenoxy) is 1. The number of hydrogen-bond acceptors (Lipinski definition) is 4. The third-order valence-electron chi connectivity index (χ3n) is 7.62. The highest BCUT2D eigenvalue weighted by Gasteiger charge is 2.46. The summed E-state index contributed by atoms with van der Waals surface area (Å²) in [6.07, 6.45) is -2.61. The minimum Gasteiger partial charge on any atom is -0.497 e. The van der Waals surface area contributed by atoms with E-state index in [1.165, 1.54) is 0 Å². The number of aromatic nitrogens is 1. The van der Waals surface area contributed by atoms with Crippen LogP contribution >= 0.6 is 0 Å². The van der Waals surface area contributed by atoms with Crippen molar-refractivity contribution in [2.75, 3.05) is 13.7 Å². The van der Waals surface area contributed by atoms with Gasteiger partial charge >= 0.3 is 12.1 Å². The molecule has 2 heterocycles. The van der Waals surface area contributed by atoms with Gasteiger partial charge in [0.15, 0.2) is 0 Å². The number of likely N-dealkylation sites (tertiary alicyclic amines) is 1. The Morgan fingerprint density at radius 2 is 1.68 bits per heavy atom. The molecule has 2 unspecified atom stereocenters. The zero-order chi connectivity index (χ0) is 29.0. The molecule has 1 aromatic heterocycles. The molecule has 0 radical (unpaired) electrons. The maximum atomic E-state index is 13.9. The highest BCUT2D eigenvalue weighted by atomic mass is 19.4. The van der Waals surface area contributed by atoms with Crippen molar-refractivity contribution in [2.24, 2.45) is 0 Å². The Hall–Kier alpha value is -4.40.